The fraction of sp³-hybridized carbons (Fsp3) is 0.625. The maximum Gasteiger partial charge on any atom is 0.351 e. The largest absolute Gasteiger partial charge is 0.396 e. The zero-order chi connectivity index (χ0) is 9.56. The lowest BCUT2D eigenvalue weighted by Gasteiger charge is -2.11. The van der Waals surface area contributed by atoms with Crippen LogP contribution in [0, 0.1) is 0 Å². The zero-order valence-electron chi connectivity index (χ0n) is 7.46. The molecule has 0 rings (SSSR count). The smallest absolute Gasteiger partial charge is 0.351 e. The van der Waals surface area contributed by atoms with E-state index in [4.69, 9.17) is 5.11 Å². The van der Waals surface area contributed by atoms with Gasteiger partial charge < -0.3 is 9.94 Å². The highest BCUT2D eigenvalue weighted by atomic mass is 16.7. The number of rotatable bonds is 5. The van der Waals surface area contributed by atoms with Gasteiger partial charge in [-0.1, -0.05) is 6.58 Å². The third kappa shape index (κ3) is 4.87. The lowest BCUT2D eigenvalue weighted by atomic mass is 10.3. The van der Waals surface area contributed by atoms with E-state index in [1.54, 1.807) is 6.92 Å². The third-order valence-electron chi connectivity index (χ3n) is 1.26. The molecule has 0 fully saturated rings. The minimum Gasteiger partial charge on any atom is -0.396 e. The van der Waals surface area contributed by atoms with Crippen LogP contribution in [0.15, 0.2) is 12.2 Å². The van der Waals surface area contributed by atoms with E-state index < -0.39 is 5.97 Å². The fourth-order valence-electron chi connectivity index (χ4n) is 0.494. The van der Waals surface area contributed by atoms with E-state index in [2.05, 4.69) is 16.9 Å². The van der Waals surface area contributed by atoms with Crippen molar-refractivity contribution in [1.29, 1.82) is 0 Å². The van der Waals surface area contributed by atoms with Crippen LogP contribution in [0.2, 0.25) is 0 Å². The normalized spacial score (nSPS) is 12.2. The van der Waals surface area contributed by atoms with Gasteiger partial charge in [0, 0.05) is 18.2 Å². The summed E-state index contributed by atoms with van der Waals surface area (Å²) < 4.78 is 0. The maximum absolute atomic E-state index is 10.8. The molecule has 0 radical (unpaired) electrons. The molecule has 1 atom stereocenters. The molecule has 0 saturated heterocycles. The van der Waals surface area contributed by atoms with Crippen LogP contribution in [0.1, 0.15) is 20.3 Å². The highest BCUT2D eigenvalue weighted by Crippen LogP contribution is 1.92. The summed E-state index contributed by atoms with van der Waals surface area (Å²) >= 11 is 0. The quantitative estimate of drug-likeness (QED) is 0.466. The van der Waals surface area contributed by atoms with Crippen LogP contribution in [0.25, 0.3) is 0 Å². The first kappa shape index (κ1) is 11.1. The molecule has 1 unspecified atom stereocenters. The molecule has 4 heteroatoms. The van der Waals surface area contributed by atoms with E-state index in [-0.39, 0.29) is 12.6 Å². The van der Waals surface area contributed by atoms with E-state index in [9.17, 15) is 4.79 Å². The molecule has 0 aliphatic heterocycles. The molecule has 0 aromatic rings. The molecule has 0 aliphatic carbocycles. The molecule has 0 aromatic heterocycles. The summed E-state index contributed by atoms with van der Waals surface area (Å²) in [6.07, 6.45) is 0.545. The Morgan fingerprint density at radius 2 is 2.33 bits per heavy atom. The van der Waals surface area contributed by atoms with Gasteiger partial charge in [-0.15, -0.1) is 5.48 Å². The van der Waals surface area contributed by atoms with Gasteiger partial charge in [-0.25, -0.2) is 4.79 Å². The van der Waals surface area contributed by atoms with E-state index in [0.717, 1.165) is 0 Å². The fourth-order valence-corrected chi connectivity index (χ4v) is 0.494. The van der Waals surface area contributed by atoms with E-state index in [1.165, 1.54) is 0 Å². The van der Waals surface area contributed by atoms with Gasteiger partial charge >= 0.3 is 5.97 Å². The molecule has 0 amide bonds. The molecular weight excluding hydrogens is 158 g/mol. The molecule has 2 N–H and O–H groups in total. The highest BCUT2D eigenvalue weighted by molar-refractivity contribution is 5.86. The van der Waals surface area contributed by atoms with E-state index in [1.807, 2.05) is 6.92 Å². The summed E-state index contributed by atoms with van der Waals surface area (Å²) in [5.74, 6) is -0.472. The topological polar surface area (TPSA) is 58.6 Å². The van der Waals surface area contributed by atoms with Crippen molar-refractivity contribution in [3.05, 3.63) is 12.2 Å². The van der Waals surface area contributed by atoms with Crippen LogP contribution in [-0.4, -0.2) is 23.7 Å². The first-order valence-corrected chi connectivity index (χ1v) is 3.81. The molecule has 12 heavy (non-hydrogen) atoms. The van der Waals surface area contributed by atoms with Gasteiger partial charge in [0.2, 0.25) is 0 Å². The average molecular weight is 173 g/mol. The number of hydroxylamine groups is 1. The van der Waals surface area contributed by atoms with Crippen LogP contribution in [-0.2, 0) is 9.63 Å². The van der Waals surface area contributed by atoms with Gasteiger partial charge in [-0.3, -0.25) is 0 Å². The number of carbonyl (C=O) groups excluding carboxylic acids is 1. The number of nitrogens with one attached hydrogen (secondary N) is 1. The van der Waals surface area contributed by atoms with Gasteiger partial charge in [0.25, 0.3) is 0 Å². The first-order valence-electron chi connectivity index (χ1n) is 3.81. The van der Waals surface area contributed by atoms with Crippen molar-refractivity contribution in [3.63, 3.8) is 0 Å². The molecule has 70 valence electrons. The summed E-state index contributed by atoms with van der Waals surface area (Å²) in [5.41, 5.74) is 2.84. The lowest BCUT2D eigenvalue weighted by molar-refractivity contribution is -0.148. The predicted octanol–water partition coefficient (Wildman–Crippen LogP) is 0.381. The first-order chi connectivity index (χ1) is 5.57. The number of aliphatic hydroxyl groups is 1. The predicted molar refractivity (Wildman–Crippen MR) is 45.2 cm³/mol. The Bertz CT molecular complexity index is 168. The van der Waals surface area contributed by atoms with Crippen LogP contribution in [0.4, 0.5) is 0 Å². The Labute approximate surface area is 72.2 Å². The van der Waals surface area contributed by atoms with E-state index in [0.29, 0.717) is 12.0 Å². The minimum absolute atomic E-state index is 0.0432. The molecule has 0 aliphatic rings. The van der Waals surface area contributed by atoms with Crippen LogP contribution in [0.3, 0.4) is 0 Å². The summed E-state index contributed by atoms with van der Waals surface area (Å²) in [5, 5.41) is 8.51. The molecule has 0 bridgehead atoms. The second-order valence-electron chi connectivity index (χ2n) is 2.70. The SMILES string of the molecule is C=C(C)C(=O)ONC(C)CCO. The number of carbonyl (C=O) groups is 1. The van der Waals surface area contributed by atoms with Gasteiger partial charge in [-0.05, 0) is 20.3 Å². The second-order valence-corrected chi connectivity index (χ2v) is 2.70. The van der Waals surface area contributed by atoms with Gasteiger partial charge in [0.15, 0.2) is 0 Å². The third-order valence-corrected chi connectivity index (χ3v) is 1.26. The average Bonchev–Trinajstić information content (AvgIpc) is 2.00. The van der Waals surface area contributed by atoms with Crippen molar-refractivity contribution >= 4 is 5.97 Å². The zero-order valence-corrected chi connectivity index (χ0v) is 7.46. The van der Waals surface area contributed by atoms with Gasteiger partial charge in [0.05, 0.1) is 0 Å². The number of aliphatic hydroxyl groups excluding tert-OH is 1. The van der Waals surface area contributed by atoms with Crippen LogP contribution >= 0.6 is 0 Å². The second kappa shape index (κ2) is 5.74. The Hall–Kier alpha value is -0.870. The molecule has 0 heterocycles. The van der Waals surface area contributed by atoms with Gasteiger partial charge in [0.1, 0.15) is 0 Å². The van der Waals surface area contributed by atoms with Crippen LogP contribution in [0.5, 0.6) is 0 Å². The van der Waals surface area contributed by atoms with Crippen molar-refractivity contribution in [2.45, 2.75) is 26.3 Å². The highest BCUT2D eigenvalue weighted by Gasteiger charge is 2.05. The molecule has 0 spiro atoms. The van der Waals surface area contributed by atoms with Crippen molar-refractivity contribution in [2.24, 2.45) is 0 Å². The maximum atomic E-state index is 10.8. The van der Waals surface area contributed by atoms with Crippen LogP contribution < -0.4 is 5.48 Å². The summed E-state index contributed by atoms with van der Waals surface area (Å²) in [7, 11) is 0. The Morgan fingerprint density at radius 1 is 1.75 bits per heavy atom. The lowest BCUT2D eigenvalue weighted by Crippen LogP contribution is -2.30. The molecule has 4 nitrogen and oxygen atoms in total. The number of hydrogen-bond acceptors (Lipinski definition) is 4. The van der Waals surface area contributed by atoms with Gasteiger partial charge in [-0.2, -0.15) is 0 Å². The molecular formula is C8H15NO3. The minimum atomic E-state index is -0.472. The van der Waals surface area contributed by atoms with E-state index >= 15 is 0 Å². The Balaban J connectivity index is 3.54. The molecule has 0 saturated carbocycles. The monoisotopic (exact) mass is 173 g/mol. The summed E-state index contributed by atoms with van der Waals surface area (Å²) in [6, 6.07) is -0.0432. The molecule has 0 aromatic carbocycles. The van der Waals surface area contributed by atoms with Crippen molar-refractivity contribution in [1.82, 2.24) is 5.48 Å². The van der Waals surface area contributed by atoms with Crippen molar-refractivity contribution < 1.29 is 14.7 Å². The number of hydrogen-bond donors (Lipinski definition) is 2. The van der Waals surface area contributed by atoms with Crippen molar-refractivity contribution in [3.8, 4) is 0 Å². The Kier molecular flexibility index (Phi) is 5.32. The summed E-state index contributed by atoms with van der Waals surface area (Å²) in [6.45, 7) is 6.86. The standard InChI is InChI=1S/C8H15NO3/c1-6(2)8(11)12-9-7(3)4-5-10/h7,9-10H,1,4-5H2,2-3H3. The summed E-state index contributed by atoms with van der Waals surface area (Å²) in [4.78, 5) is 15.4. The van der Waals surface area contributed by atoms with Crippen molar-refractivity contribution in [2.75, 3.05) is 6.61 Å². The Morgan fingerprint density at radius 3 is 2.75 bits per heavy atom.